The normalized spacial score (nSPS) is 18.4. The Morgan fingerprint density at radius 2 is 1.88 bits per heavy atom. The maximum Gasteiger partial charge on any atom is 0.211 e. The molecule has 0 unspecified atom stereocenters. The highest BCUT2D eigenvalue weighted by atomic mass is 32.2. The Balaban J connectivity index is 2.16. The zero-order valence-electron chi connectivity index (χ0n) is 10.2. The van der Waals surface area contributed by atoms with Crippen molar-refractivity contribution in [1.82, 2.24) is 4.72 Å². The van der Waals surface area contributed by atoms with Gasteiger partial charge in [-0.3, -0.25) is 0 Å². The lowest BCUT2D eigenvalue weighted by atomic mass is 9.91. The zero-order valence-corrected chi connectivity index (χ0v) is 11.0. The molecule has 0 heterocycles. The summed E-state index contributed by atoms with van der Waals surface area (Å²) in [5.41, 5.74) is 0. The van der Waals surface area contributed by atoms with Crippen LogP contribution in [0, 0.1) is 5.92 Å². The SMILES string of the molecule is O=S(=O)(CC1CCCCC1)NCCOCCO. The van der Waals surface area contributed by atoms with Crippen molar-refractivity contribution < 1.29 is 18.3 Å². The molecule has 1 rings (SSSR count). The van der Waals surface area contributed by atoms with Crippen LogP contribution in [0.5, 0.6) is 0 Å². The van der Waals surface area contributed by atoms with E-state index in [0.29, 0.717) is 12.5 Å². The third-order valence-corrected chi connectivity index (χ3v) is 4.54. The van der Waals surface area contributed by atoms with Gasteiger partial charge in [-0.15, -0.1) is 0 Å². The second kappa shape index (κ2) is 8.02. The van der Waals surface area contributed by atoms with Crippen molar-refractivity contribution in [3.63, 3.8) is 0 Å². The first-order valence-electron chi connectivity index (χ1n) is 6.30. The first-order chi connectivity index (χ1) is 8.14. The van der Waals surface area contributed by atoms with Crippen LogP contribution in [0.3, 0.4) is 0 Å². The molecule has 0 radical (unpaired) electrons. The molecule has 0 aromatic carbocycles. The summed E-state index contributed by atoms with van der Waals surface area (Å²) < 4.78 is 31.0. The molecular formula is C11H23NO4S. The van der Waals surface area contributed by atoms with Crippen LogP contribution in [0.15, 0.2) is 0 Å². The lowest BCUT2D eigenvalue weighted by Crippen LogP contribution is -2.33. The fourth-order valence-electron chi connectivity index (χ4n) is 2.16. The summed E-state index contributed by atoms with van der Waals surface area (Å²) in [4.78, 5) is 0. The quantitative estimate of drug-likeness (QED) is 0.627. The monoisotopic (exact) mass is 265 g/mol. The molecule has 0 bridgehead atoms. The van der Waals surface area contributed by atoms with Gasteiger partial charge in [0.05, 0.1) is 25.6 Å². The number of hydrogen-bond acceptors (Lipinski definition) is 4. The van der Waals surface area contributed by atoms with Crippen molar-refractivity contribution in [3.05, 3.63) is 0 Å². The summed E-state index contributed by atoms with van der Waals surface area (Å²) in [5, 5.41) is 8.48. The van der Waals surface area contributed by atoms with E-state index >= 15 is 0 Å². The number of rotatable bonds is 8. The molecule has 1 aliphatic carbocycles. The van der Waals surface area contributed by atoms with Crippen molar-refractivity contribution >= 4 is 10.0 Å². The van der Waals surface area contributed by atoms with Gasteiger partial charge in [0.25, 0.3) is 0 Å². The van der Waals surface area contributed by atoms with Gasteiger partial charge >= 0.3 is 0 Å². The van der Waals surface area contributed by atoms with Gasteiger partial charge in [0.2, 0.25) is 10.0 Å². The zero-order chi connectivity index (χ0) is 12.6. The molecule has 0 spiro atoms. The molecule has 6 heteroatoms. The predicted molar refractivity (Wildman–Crippen MR) is 66.3 cm³/mol. The minimum atomic E-state index is -3.16. The number of nitrogens with one attached hydrogen (secondary N) is 1. The van der Waals surface area contributed by atoms with Crippen LogP contribution in [0.4, 0.5) is 0 Å². The Labute approximate surface area is 104 Å². The van der Waals surface area contributed by atoms with Gasteiger partial charge in [-0.25, -0.2) is 13.1 Å². The van der Waals surface area contributed by atoms with E-state index in [-0.39, 0.29) is 25.5 Å². The second-order valence-electron chi connectivity index (χ2n) is 4.52. The van der Waals surface area contributed by atoms with E-state index in [0.717, 1.165) is 25.7 Å². The summed E-state index contributed by atoms with van der Waals surface area (Å²) in [6, 6.07) is 0. The molecule has 17 heavy (non-hydrogen) atoms. The van der Waals surface area contributed by atoms with E-state index in [4.69, 9.17) is 9.84 Å². The minimum Gasteiger partial charge on any atom is -0.394 e. The summed E-state index contributed by atoms with van der Waals surface area (Å²) in [6.07, 6.45) is 5.60. The highest BCUT2D eigenvalue weighted by molar-refractivity contribution is 7.89. The Kier molecular flexibility index (Phi) is 7.03. The predicted octanol–water partition coefficient (Wildman–Crippen LogP) is 0.495. The van der Waals surface area contributed by atoms with Crippen LogP contribution in [0.25, 0.3) is 0 Å². The van der Waals surface area contributed by atoms with Crippen molar-refractivity contribution in [3.8, 4) is 0 Å². The van der Waals surface area contributed by atoms with Gasteiger partial charge in [-0.2, -0.15) is 0 Å². The molecule has 0 atom stereocenters. The third-order valence-electron chi connectivity index (χ3n) is 2.98. The van der Waals surface area contributed by atoms with Gasteiger partial charge in [-0.05, 0) is 18.8 Å². The molecule has 0 aliphatic heterocycles. The molecule has 0 amide bonds. The van der Waals surface area contributed by atoms with E-state index in [9.17, 15) is 8.42 Å². The first kappa shape index (κ1) is 14.9. The van der Waals surface area contributed by atoms with Gasteiger partial charge in [-0.1, -0.05) is 19.3 Å². The van der Waals surface area contributed by atoms with Gasteiger partial charge in [0.1, 0.15) is 0 Å². The van der Waals surface area contributed by atoms with E-state index in [1.807, 2.05) is 0 Å². The highest BCUT2D eigenvalue weighted by Gasteiger charge is 2.20. The largest absolute Gasteiger partial charge is 0.394 e. The summed E-state index contributed by atoms with van der Waals surface area (Å²) in [6.45, 7) is 0.818. The average molecular weight is 265 g/mol. The van der Waals surface area contributed by atoms with E-state index in [1.165, 1.54) is 6.42 Å². The Bertz CT molecular complexity index is 286. The van der Waals surface area contributed by atoms with Crippen molar-refractivity contribution in [2.24, 2.45) is 5.92 Å². The molecule has 2 N–H and O–H groups in total. The Hall–Kier alpha value is -0.170. The van der Waals surface area contributed by atoms with Crippen molar-refractivity contribution in [2.45, 2.75) is 32.1 Å². The number of sulfonamides is 1. The fraction of sp³-hybridized carbons (Fsp3) is 1.00. The smallest absolute Gasteiger partial charge is 0.211 e. The molecule has 1 fully saturated rings. The van der Waals surface area contributed by atoms with Crippen molar-refractivity contribution in [2.75, 3.05) is 32.1 Å². The average Bonchev–Trinajstić information content (AvgIpc) is 2.29. The number of aliphatic hydroxyl groups is 1. The standard InChI is InChI=1S/C11H23NO4S/c13-7-9-16-8-6-12-17(14,15)10-11-4-2-1-3-5-11/h11-13H,1-10H2. The van der Waals surface area contributed by atoms with Gasteiger partial charge in [0.15, 0.2) is 0 Å². The highest BCUT2D eigenvalue weighted by Crippen LogP contribution is 2.24. The Morgan fingerprint density at radius 1 is 1.18 bits per heavy atom. The molecule has 0 aromatic rings. The fourth-order valence-corrected chi connectivity index (χ4v) is 3.63. The molecule has 0 saturated heterocycles. The van der Waals surface area contributed by atoms with Gasteiger partial charge in [0, 0.05) is 6.54 Å². The number of aliphatic hydroxyl groups excluding tert-OH is 1. The number of hydrogen-bond donors (Lipinski definition) is 2. The van der Waals surface area contributed by atoms with Gasteiger partial charge < -0.3 is 9.84 Å². The summed E-state index contributed by atoms with van der Waals surface area (Å²) >= 11 is 0. The summed E-state index contributed by atoms with van der Waals surface area (Å²) in [7, 11) is -3.16. The van der Waals surface area contributed by atoms with Crippen LogP contribution in [0.2, 0.25) is 0 Å². The van der Waals surface area contributed by atoms with E-state index < -0.39 is 10.0 Å². The van der Waals surface area contributed by atoms with E-state index in [2.05, 4.69) is 4.72 Å². The molecular weight excluding hydrogens is 242 g/mol. The maximum absolute atomic E-state index is 11.7. The van der Waals surface area contributed by atoms with E-state index in [1.54, 1.807) is 0 Å². The third kappa shape index (κ3) is 6.98. The van der Waals surface area contributed by atoms with Crippen LogP contribution >= 0.6 is 0 Å². The van der Waals surface area contributed by atoms with Crippen LogP contribution in [0.1, 0.15) is 32.1 Å². The molecule has 5 nitrogen and oxygen atoms in total. The first-order valence-corrected chi connectivity index (χ1v) is 7.95. The molecule has 0 aromatic heterocycles. The lowest BCUT2D eigenvalue weighted by Gasteiger charge is -2.21. The lowest BCUT2D eigenvalue weighted by molar-refractivity contribution is 0.0961. The summed E-state index contributed by atoms with van der Waals surface area (Å²) in [5.74, 6) is 0.562. The van der Waals surface area contributed by atoms with Crippen molar-refractivity contribution in [1.29, 1.82) is 0 Å². The topological polar surface area (TPSA) is 75.6 Å². The molecule has 102 valence electrons. The molecule has 1 aliphatic rings. The molecule has 1 saturated carbocycles. The second-order valence-corrected chi connectivity index (χ2v) is 6.37. The number of ether oxygens (including phenoxy) is 1. The maximum atomic E-state index is 11.7. The Morgan fingerprint density at radius 3 is 2.53 bits per heavy atom. The minimum absolute atomic E-state index is 0.0329. The van der Waals surface area contributed by atoms with Crippen LogP contribution in [-0.2, 0) is 14.8 Å². The van der Waals surface area contributed by atoms with Crippen LogP contribution < -0.4 is 4.72 Å². The van der Waals surface area contributed by atoms with Crippen LogP contribution in [-0.4, -0.2) is 45.6 Å².